The Morgan fingerprint density at radius 2 is 1.91 bits per heavy atom. The lowest BCUT2D eigenvalue weighted by Crippen LogP contribution is -2.37. The molecule has 3 aromatic rings. The van der Waals surface area contributed by atoms with Gasteiger partial charge in [-0.3, -0.25) is 4.90 Å². The fraction of sp³-hybridized carbons (Fsp3) is 0.259. The van der Waals surface area contributed by atoms with Gasteiger partial charge in [-0.15, -0.1) is 0 Å². The molecular weight excluding hydrogens is 414 g/mol. The number of cyclic esters (lactones) is 1. The van der Waals surface area contributed by atoms with Crippen LogP contribution in [0.1, 0.15) is 34.7 Å². The Hall–Kier alpha value is -3.80. The molecule has 2 aliphatic rings. The van der Waals surface area contributed by atoms with Gasteiger partial charge in [-0.2, -0.15) is 0 Å². The third kappa shape index (κ3) is 4.42. The fourth-order valence-electron chi connectivity index (χ4n) is 4.65. The van der Waals surface area contributed by atoms with E-state index in [0.717, 1.165) is 18.4 Å². The fourth-order valence-corrected chi connectivity index (χ4v) is 4.65. The summed E-state index contributed by atoms with van der Waals surface area (Å²) in [6, 6.07) is 23.9. The van der Waals surface area contributed by atoms with E-state index in [4.69, 9.17) is 4.74 Å². The van der Waals surface area contributed by atoms with Crippen molar-refractivity contribution in [3.63, 3.8) is 0 Å². The quantitative estimate of drug-likeness (QED) is 0.555. The molecule has 0 spiro atoms. The first-order valence-corrected chi connectivity index (χ1v) is 11.3. The molecule has 168 valence electrons. The molecule has 0 saturated carbocycles. The minimum atomic E-state index is -0.359. The molecule has 6 nitrogen and oxygen atoms in total. The molecule has 33 heavy (non-hydrogen) atoms. The van der Waals surface area contributed by atoms with E-state index in [-0.39, 0.29) is 18.2 Å². The number of ether oxygens (including phenoxy) is 1. The number of carbonyl (C=O) groups is 2. The Kier molecular flexibility index (Phi) is 5.73. The molecule has 1 saturated heterocycles. The summed E-state index contributed by atoms with van der Waals surface area (Å²) in [5, 5.41) is 3.07. The molecule has 3 amide bonds. The van der Waals surface area contributed by atoms with E-state index in [9.17, 15) is 9.59 Å². The molecule has 0 aromatic heterocycles. The van der Waals surface area contributed by atoms with Crippen molar-refractivity contribution in [2.75, 3.05) is 23.4 Å². The predicted octanol–water partition coefficient (Wildman–Crippen LogP) is 5.67. The van der Waals surface area contributed by atoms with Gasteiger partial charge in [-0.1, -0.05) is 60.2 Å². The van der Waals surface area contributed by atoms with Crippen molar-refractivity contribution in [3.8, 4) is 0 Å². The molecule has 1 heterocycles. The Labute approximate surface area is 193 Å². The van der Waals surface area contributed by atoms with Gasteiger partial charge < -0.3 is 15.0 Å². The van der Waals surface area contributed by atoms with Gasteiger partial charge in [-0.25, -0.2) is 9.59 Å². The van der Waals surface area contributed by atoms with Crippen molar-refractivity contribution in [3.05, 3.63) is 95.1 Å². The molecule has 1 aliphatic heterocycles. The Morgan fingerprint density at radius 1 is 1.09 bits per heavy atom. The smallest absolute Gasteiger partial charge is 0.414 e. The molecule has 1 unspecified atom stereocenters. The van der Waals surface area contributed by atoms with Gasteiger partial charge in [-0.05, 0) is 54.7 Å². The van der Waals surface area contributed by atoms with Crippen molar-refractivity contribution in [2.45, 2.75) is 32.4 Å². The first kappa shape index (κ1) is 21.1. The number of nitrogens with zero attached hydrogens (tertiary/aromatic N) is 2. The lowest BCUT2D eigenvalue weighted by molar-refractivity contribution is 0.181. The number of carbonyl (C=O) groups excluding carboxylic acids is 2. The van der Waals surface area contributed by atoms with Crippen molar-refractivity contribution in [1.82, 2.24) is 4.90 Å². The van der Waals surface area contributed by atoms with Gasteiger partial charge in [0.15, 0.2) is 0 Å². The number of hydrogen-bond donors (Lipinski definition) is 1. The van der Waals surface area contributed by atoms with Crippen molar-refractivity contribution < 1.29 is 14.3 Å². The monoisotopic (exact) mass is 441 g/mol. The molecule has 3 aromatic carbocycles. The summed E-state index contributed by atoms with van der Waals surface area (Å²) in [6.07, 6.45) is 1.51. The van der Waals surface area contributed by atoms with Gasteiger partial charge in [0.25, 0.3) is 0 Å². The molecule has 5 rings (SSSR count). The van der Waals surface area contributed by atoms with E-state index in [2.05, 4.69) is 54.7 Å². The minimum Gasteiger partial charge on any atom is -0.447 e. The van der Waals surface area contributed by atoms with Crippen LogP contribution in [0.25, 0.3) is 0 Å². The van der Waals surface area contributed by atoms with E-state index >= 15 is 0 Å². The Bertz CT molecular complexity index is 1180. The molecular formula is C27H27N3O3. The van der Waals surface area contributed by atoms with Crippen LogP contribution in [0.5, 0.6) is 0 Å². The van der Waals surface area contributed by atoms with Crippen molar-refractivity contribution in [1.29, 1.82) is 0 Å². The highest BCUT2D eigenvalue weighted by Crippen LogP contribution is 2.37. The molecule has 1 aliphatic carbocycles. The second-order valence-electron chi connectivity index (χ2n) is 8.61. The van der Waals surface area contributed by atoms with Crippen LogP contribution < -0.4 is 10.2 Å². The average Bonchev–Trinajstić information content (AvgIpc) is 3.45. The van der Waals surface area contributed by atoms with Crippen molar-refractivity contribution in [2.24, 2.45) is 0 Å². The largest absolute Gasteiger partial charge is 0.447 e. The van der Waals surface area contributed by atoms with E-state index in [1.165, 1.54) is 16.7 Å². The summed E-state index contributed by atoms with van der Waals surface area (Å²) in [6.45, 7) is 3.46. The van der Waals surface area contributed by atoms with E-state index in [1.54, 1.807) is 4.90 Å². The SMILES string of the molecule is Cc1ccc(CN(C(=O)Nc2cccc(N3CCOC3=O)c2)C2CCc3ccccc32)cc1. The summed E-state index contributed by atoms with van der Waals surface area (Å²) in [5.74, 6) is 0. The number of nitrogens with one attached hydrogen (secondary N) is 1. The highest BCUT2D eigenvalue weighted by Gasteiger charge is 2.31. The van der Waals surface area contributed by atoms with Gasteiger partial charge in [0.1, 0.15) is 6.61 Å². The molecule has 1 N–H and O–H groups in total. The molecule has 1 atom stereocenters. The molecule has 0 radical (unpaired) electrons. The van der Waals surface area contributed by atoms with Crippen LogP contribution in [-0.4, -0.2) is 30.2 Å². The molecule has 6 heteroatoms. The lowest BCUT2D eigenvalue weighted by Gasteiger charge is -2.30. The number of anilines is 2. The second kappa shape index (κ2) is 8.98. The first-order chi connectivity index (χ1) is 16.1. The first-order valence-electron chi connectivity index (χ1n) is 11.3. The number of urea groups is 1. The van der Waals surface area contributed by atoms with Gasteiger partial charge in [0.2, 0.25) is 0 Å². The number of amides is 3. The van der Waals surface area contributed by atoms with Gasteiger partial charge in [0, 0.05) is 17.9 Å². The topological polar surface area (TPSA) is 61.9 Å². The Balaban J connectivity index is 1.41. The standard InChI is InChI=1S/C27H27N3O3/c1-19-9-11-20(12-10-19)18-30(25-14-13-21-5-2-3-8-24(21)25)26(31)28-22-6-4-7-23(17-22)29-15-16-33-27(29)32/h2-12,17,25H,13-16,18H2,1H3,(H,28,31). The van der Waals surface area contributed by atoms with Crippen LogP contribution in [0, 0.1) is 6.92 Å². The number of rotatable bonds is 5. The molecule has 0 bridgehead atoms. The van der Waals surface area contributed by atoms with Crippen molar-refractivity contribution >= 4 is 23.5 Å². The number of benzene rings is 3. The minimum absolute atomic E-state index is 0.0132. The van der Waals surface area contributed by atoms with Crippen LogP contribution in [-0.2, 0) is 17.7 Å². The van der Waals surface area contributed by atoms with E-state index < -0.39 is 0 Å². The molecule has 1 fully saturated rings. The highest BCUT2D eigenvalue weighted by atomic mass is 16.6. The number of hydrogen-bond acceptors (Lipinski definition) is 3. The summed E-state index contributed by atoms with van der Waals surface area (Å²) >= 11 is 0. The third-order valence-corrected chi connectivity index (χ3v) is 6.38. The van der Waals surface area contributed by atoms with Crippen LogP contribution >= 0.6 is 0 Å². The maximum atomic E-state index is 13.6. The normalized spacial score (nSPS) is 16.9. The maximum absolute atomic E-state index is 13.6. The second-order valence-corrected chi connectivity index (χ2v) is 8.61. The third-order valence-electron chi connectivity index (χ3n) is 6.38. The van der Waals surface area contributed by atoms with Crippen LogP contribution in [0.4, 0.5) is 21.0 Å². The highest BCUT2D eigenvalue weighted by molar-refractivity contribution is 5.93. The Morgan fingerprint density at radius 3 is 2.70 bits per heavy atom. The zero-order valence-electron chi connectivity index (χ0n) is 18.7. The van der Waals surface area contributed by atoms with E-state index in [1.807, 2.05) is 35.2 Å². The average molecular weight is 442 g/mol. The summed E-state index contributed by atoms with van der Waals surface area (Å²) < 4.78 is 5.05. The summed E-state index contributed by atoms with van der Waals surface area (Å²) in [4.78, 5) is 29.0. The summed E-state index contributed by atoms with van der Waals surface area (Å²) in [7, 11) is 0. The van der Waals surface area contributed by atoms with E-state index in [0.29, 0.717) is 31.1 Å². The number of aryl methyl sites for hydroxylation is 2. The van der Waals surface area contributed by atoms with Crippen LogP contribution in [0.2, 0.25) is 0 Å². The number of fused-ring (bicyclic) bond motifs is 1. The predicted molar refractivity (Wildman–Crippen MR) is 128 cm³/mol. The maximum Gasteiger partial charge on any atom is 0.414 e. The van der Waals surface area contributed by atoms with Crippen LogP contribution in [0.3, 0.4) is 0 Å². The van der Waals surface area contributed by atoms with Crippen LogP contribution in [0.15, 0.2) is 72.8 Å². The lowest BCUT2D eigenvalue weighted by atomic mass is 10.1. The summed E-state index contributed by atoms with van der Waals surface area (Å²) in [5.41, 5.74) is 6.17. The zero-order chi connectivity index (χ0) is 22.8. The zero-order valence-corrected chi connectivity index (χ0v) is 18.7. The van der Waals surface area contributed by atoms with Gasteiger partial charge >= 0.3 is 12.1 Å². The van der Waals surface area contributed by atoms with Gasteiger partial charge in [0.05, 0.1) is 12.6 Å².